The van der Waals surface area contributed by atoms with Gasteiger partial charge in [-0.1, -0.05) is 30.3 Å². The fourth-order valence-corrected chi connectivity index (χ4v) is 3.13. The van der Waals surface area contributed by atoms with Crippen molar-refractivity contribution in [1.82, 2.24) is 24.6 Å². The number of pyridine rings is 1. The molecule has 0 aliphatic carbocycles. The fourth-order valence-electron chi connectivity index (χ4n) is 3.13. The molecular formula is C19H20N6O3. The summed E-state index contributed by atoms with van der Waals surface area (Å²) in [5.41, 5.74) is 1.54. The van der Waals surface area contributed by atoms with E-state index in [0.717, 1.165) is 17.2 Å². The van der Waals surface area contributed by atoms with Gasteiger partial charge in [0, 0.05) is 24.7 Å². The number of aromatic nitrogens is 4. The summed E-state index contributed by atoms with van der Waals surface area (Å²) in [5.74, 6) is 2.39. The highest BCUT2D eigenvalue weighted by Crippen LogP contribution is 2.27. The topological polar surface area (TPSA) is 94.4 Å². The summed E-state index contributed by atoms with van der Waals surface area (Å²) in [6, 6.07) is 11.3. The van der Waals surface area contributed by atoms with E-state index < -0.39 is 0 Å². The molecule has 0 atom stereocenters. The van der Waals surface area contributed by atoms with E-state index in [0.29, 0.717) is 37.0 Å². The highest BCUT2D eigenvalue weighted by atomic mass is 16.5. The predicted molar refractivity (Wildman–Crippen MR) is 102 cm³/mol. The molecule has 2 aromatic heterocycles. The van der Waals surface area contributed by atoms with Crippen LogP contribution in [0.15, 0.2) is 42.6 Å². The van der Waals surface area contributed by atoms with E-state index in [4.69, 9.17) is 9.47 Å². The van der Waals surface area contributed by atoms with Crippen molar-refractivity contribution in [2.24, 2.45) is 0 Å². The van der Waals surface area contributed by atoms with Crippen LogP contribution in [0, 0.1) is 0 Å². The third-order valence-corrected chi connectivity index (χ3v) is 4.56. The van der Waals surface area contributed by atoms with E-state index in [1.165, 1.54) is 20.4 Å². The number of methoxy groups -OCH3 is 2. The first-order valence-corrected chi connectivity index (χ1v) is 8.81. The van der Waals surface area contributed by atoms with Crippen molar-refractivity contribution in [2.45, 2.75) is 13.1 Å². The van der Waals surface area contributed by atoms with Crippen LogP contribution < -0.4 is 14.8 Å². The number of carbonyl (C=O) groups is 1. The monoisotopic (exact) mass is 380 g/mol. The van der Waals surface area contributed by atoms with Gasteiger partial charge in [0.05, 0.1) is 32.6 Å². The Morgan fingerprint density at radius 2 is 1.93 bits per heavy atom. The summed E-state index contributed by atoms with van der Waals surface area (Å²) in [6.07, 6.45) is 1.53. The Hall–Kier alpha value is -3.62. The van der Waals surface area contributed by atoms with Gasteiger partial charge in [-0.2, -0.15) is 0 Å². The van der Waals surface area contributed by atoms with Crippen LogP contribution in [0.1, 0.15) is 5.82 Å². The molecule has 1 N–H and O–H groups in total. The number of urea groups is 1. The molecule has 3 aromatic rings. The van der Waals surface area contributed by atoms with Crippen molar-refractivity contribution in [3.8, 4) is 23.0 Å². The molecule has 0 saturated carbocycles. The van der Waals surface area contributed by atoms with Crippen LogP contribution in [0.2, 0.25) is 0 Å². The Labute approximate surface area is 161 Å². The lowest BCUT2D eigenvalue weighted by Crippen LogP contribution is -2.41. The molecule has 0 fully saturated rings. The van der Waals surface area contributed by atoms with Crippen molar-refractivity contribution in [3.63, 3.8) is 0 Å². The van der Waals surface area contributed by atoms with Crippen molar-refractivity contribution >= 4 is 11.7 Å². The van der Waals surface area contributed by atoms with Crippen LogP contribution in [0.3, 0.4) is 0 Å². The van der Waals surface area contributed by atoms with Crippen molar-refractivity contribution < 1.29 is 14.3 Å². The summed E-state index contributed by atoms with van der Waals surface area (Å²) in [5, 5.41) is 11.4. The third-order valence-electron chi connectivity index (χ3n) is 4.56. The Morgan fingerprint density at radius 3 is 2.68 bits per heavy atom. The van der Waals surface area contributed by atoms with E-state index in [1.807, 2.05) is 30.3 Å². The molecule has 0 radical (unpaired) electrons. The number of carbonyl (C=O) groups excluding carboxylic acids is 1. The molecule has 0 bridgehead atoms. The molecule has 1 aliphatic rings. The van der Waals surface area contributed by atoms with Crippen molar-refractivity contribution in [1.29, 1.82) is 0 Å². The molecule has 2 amide bonds. The van der Waals surface area contributed by atoms with Crippen LogP contribution in [0.25, 0.3) is 11.4 Å². The van der Waals surface area contributed by atoms with Crippen LogP contribution in [0.5, 0.6) is 11.6 Å². The zero-order valence-corrected chi connectivity index (χ0v) is 15.6. The second kappa shape index (κ2) is 7.55. The zero-order chi connectivity index (χ0) is 19.5. The molecule has 0 spiro atoms. The van der Waals surface area contributed by atoms with Crippen molar-refractivity contribution in [3.05, 3.63) is 48.4 Å². The molecule has 4 rings (SSSR count). The number of anilines is 1. The van der Waals surface area contributed by atoms with Gasteiger partial charge < -0.3 is 24.3 Å². The number of benzene rings is 1. The molecule has 28 heavy (non-hydrogen) atoms. The van der Waals surface area contributed by atoms with E-state index in [1.54, 1.807) is 11.0 Å². The number of amides is 2. The molecule has 9 heteroatoms. The Bertz CT molecular complexity index is 989. The van der Waals surface area contributed by atoms with Crippen LogP contribution in [-0.4, -0.2) is 51.4 Å². The first kappa shape index (κ1) is 17.8. The highest BCUT2D eigenvalue weighted by molar-refractivity contribution is 5.89. The maximum Gasteiger partial charge on any atom is 0.322 e. The van der Waals surface area contributed by atoms with Gasteiger partial charge in [-0.05, 0) is 0 Å². The van der Waals surface area contributed by atoms with E-state index in [-0.39, 0.29) is 6.03 Å². The van der Waals surface area contributed by atoms with E-state index in [2.05, 4.69) is 25.1 Å². The lowest BCUT2D eigenvalue weighted by atomic mass is 10.2. The first-order chi connectivity index (χ1) is 13.7. The quantitative estimate of drug-likeness (QED) is 0.747. The molecule has 1 aliphatic heterocycles. The predicted octanol–water partition coefficient (Wildman–Crippen LogP) is 2.41. The zero-order valence-electron chi connectivity index (χ0n) is 15.6. The minimum Gasteiger partial charge on any atom is -0.491 e. The molecular weight excluding hydrogens is 360 g/mol. The minimum atomic E-state index is -0.232. The molecule has 3 heterocycles. The summed E-state index contributed by atoms with van der Waals surface area (Å²) in [7, 11) is 3.03. The Morgan fingerprint density at radius 1 is 1.11 bits per heavy atom. The van der Waals surface area contributed by atoms with Crippen LogP contribution in [-0.2, 0) is 13.1 Å². The largest absolute Gasteiger partial charge is 0.491 e. The average molecular weight is 380 g/mol. The van der Waals surface area contributed by atoms with Gasteiger partial charge in [0.1, 0.15) is 0 Å². The van der Waals surface area contributed by atoms with Gasteiger partial charge in [0.2, 0.25) is 0 Å². The molecule has 9 nitrogen and oxygen atoms in total. The standard InChI is InChI=1S/C19H20N6O3/c1-27-15-10-14(11-20-18(15)28-2)21-19(26)24-8-9-25-16(12-24)22-23-17(25)13-6-4-3-5-7-13/h3-7,10-11H,8-9,12H2,1-2H3,(H,21,26). The van der Waals surface area contributed by atoms with Crippen LogP contribution in [0.4, 0.5) is 10.5 Å². The summed E-state index contributed by atoms with van der Waals surface area (Å²) < 4.78 is 12.4. The lowest BCUT2D eigenvalue weighted by Gasteiger charge is -2.28. The van der Waals surface area contributed by atoms with E-state index in [9.17, 15) is 4.79 Å². The first-order valence-electron chi connectivity index (χ1n) is 8.81. The molecule has 1 aromatic carbocycles. The second-order valence-corrected chi connectivity index (χ2v) is 6.24. The summed E-state index contributed by atoms with van der Waals surface area (Å²) in [6.45, 7) is 1.56. The maximum atomic E-state index is 12.7. The number of hydrogen-bond donors (Lipinski definition) is 1. The number of ether oxygens (including phenoxy) is 2. The van der Waals surface area contributed by atoms with Gasteiger partial charge in [-0.25, -0.2) is 9.78 Å². The highest BCUT2D eigenvalue weighted by Gasteiger charge is 2.25. The minimum absolute atomic E-state index is 0.232. The number of hydrogen-bond acceptors (Lipinski definition) is 6. The number of fused-ring (bicyclic) bond motifs is 1. The molecule has 0 saturated heterocycles. The number of nitrogens with one attached hydrogen (secondary N) is 1. The Balaban J connectivity index is 1.48. The normalized spacial score (nSPS) is 13.0. The maximum absolute atomic E-state index is 12.7. The molecule has 144 valence electrons. The fraction of sp³-hybridized carbons (Fsp3) is 0.263. The van der Waals surface area contributed by atoms with Gasteiger partial charge in [0.25, 0.3) is 5.88 Å². The van der Waals surface area contributed by atoms with E-state index >= 15 is 0 Å². The summed E-state index contributed by atoms with van der Waals surface area (Å²) >= 11 is 0. The number of rotatable bonds is 4. The van der Waals surface area contributed by atoms with Gasteiger partial charge in [-0.15, -0.1) is 10.2 Å². The van der Waals surface area contributed by atoms with Crippen LogP contribution >= 0.6 is 0 Å². The SMILES string of the molecule is COc1cc(NC(=O)N2CCn3c(nnc3-c3ccccc3)C2)cnc1OC. The lowest BCUT2D eigenvalue weighted by molar-refractivity contribution is 0.196. The third kappa shape index (κ3) is 3.34. The van der Waals surface area contributed by atoms with Crippen molar-refractivity contribution in [2.75, 3.05) is 26.1 Å². The second-order valence-electron chi connectivity index (χ2n) is 6.24. The van der Waals surface area contributed by atoms with Gasteiger partial charge in [-0.3, -0.25) is 0 Å². The van der Waals surface area contributed by atoms with Gasteiger partial charge in [0.15, 0.2) is 17.4 Å². The summed E-state index contributed by atoms with van der Waals surface area (Å²) in [4.78, 5) is 18.5. The number of nitrogens with zero attached hydrogens (tertiary/aromatic N) is 5. The molecule has 0 unspecified atom stereocenters. The smallest absolute Gasteiger partial charge is 0.322 e. The van der Waals surface area contributed by atoms with Gasteiger partial charge >= 0.3 is 6.03 Å². The Kier molecular flexibility index (Phi) is 4.79. The average Bonchev–Trinajstić information content (AvgIpc) is 3.17.